The number of nitrogens with one attached hydrogen (secondary N) is 2. The van der Waals surface area contributed by atoms with Crippen LogP contribution >= 0.6 is 35.0 Å². The van der Waals surface area contributed by atoms with Crippen molar-refractivity contribution in [2.45, 2.75) is 37.6 Å². The highest BCUT2D eigenvalue weighted by Gasteiger charge is 2.17. The van der Waals surface area contributed by atoms with Gasteiger partial charge in [-0.05, 0) is 54.8 Å². The first-order valence-electron chi connectivity index (χ1n) is 10.5. The van der Waals surface area contributed by atoms with Crippen LogP contribution in [0.25, 0.3) is 11.3 Å². The zero-order chi connectivity index (χ0) is 24.4. The molecule has 0 saturated carbocycles. The van der Waals surface area contributed by atoms with Crippen LogP contribution in [0.5, 0.6) is 0 Å². The lowest BCUT2D eigenvalue weighted by Crippen LogP contribution is -2.18. The summed E-state index contributed by atoms with van der Waals surface area (Å²) < 4.78 is 26.9. The maximum atomic E-state index is 13.6. The van der Waals surface area contributed by atoms with Crippen LogP contribution in [0, 0.1) is 18.6 Å². The molecule has 0 aliphatic carbocycles. The van der Waals surface area contributed by atoms with Gasteiger partial charge in [-0.25, -0.2) is 13.8 Å². The number of hydrogen-bond acceptors (Lipinski definition) is 4. The molecule has 0 radical (unpaired) electrons. The number of aromatic nitrogens is 4. The van der Waals surface area contributed by atoms with Crippen molar-refractivity contribution < 1.29 is 8.78 Å². The van der Waals surface area contributed by atoms with E-state index in [1.54, 1.807) is 18.2 Å². The zero-order valence-corrected chi connectivity index (χ0v) is 20.6. The first kappa shape index (κ1) is 24.4. The molecule has 10 heteroatoms. The van der Waals surface area contributed by atoms with E-state index < -0.39 is 11.6 Å². The van der Waals surface area contributed by atoms with E-state index in [1.165, 1.54) is 17.8 Å². The lowest BCUT2D eigenvalue weighted by Gasteiger charge is -2.11. The van der Waals surface area contributed by atoms with Crippen LogP contribution in [0.2, 0.25) is 10.0 Å². The van der Waals surface area contributed by atoms with Crippen LogP contribution in [0.4, 0.5) is 8.78 Å². The van der Waals surface area contributed by atoms with Crippen LogP contribution in [0.15, 0.2) is 46.3 Å². The van der Waals surface area contributed by atoms with Gasteiger partial charge < -0.3 is 4.98 Å². The Morgan fingerprint density at radius 3 is 2.44 bits per heavy atom. The summed E-state index contributed by atoms with van der Waals surface area (Å²) in [4.78, 5) is 20.2. The fraction of sp³-hybridized carbons (Fsp3) is 0.208. The van der Waals surface area contributed by atoms with Gasteiger partial charge in [-0.15, -0.1) is 0 Å². The Morgan fingerprint density at radius 1 is 1.03 bits per heavy atom. The van der Waals surface area contributed by atoms with E-state index in [0.717, 1.165) is 17.7 Å². The topological polar surface area (TPSA) is 74.4 Å². The van der Waals surface area contributed by atoms with E-state index in [1.807, 2.05) is 13.8 Å². The van der Waals surface area contributed by atoms with Crippen molar-refractivity contribution in [3.63, 3.8) is 0 Å². The van der Waals surface area contributed by atoms with E-state index in [2.05, 4.69) is 20.2 Å². The first-order chi connectivity index (χ1) is 16.3. The Hall–Kier alpha value is -2.68. The molecule has 0 bridgehead atoms. The molecule has 2 N–H and O–H groups in total. The fourth-order valence-corrected chi connectivity index (χ4v) is 5.04. The molecule has 0 atom stereocenters. The summed E-state index contributed by atoms with van der Waals surface area (Å²) >= 11 is 14.0. The number of nitrogens with zero attached hydrogens (tertiary/aromatic N) is 2. The molecule has 2 aromatic heterocycles. The number of hydrogen-bond donors (Lipinski definition) is 2. The summed E-state index contributed by atoms with van der Waals surface area (Å²) in [7, 11) is 0. The maximum absolute atomic E-state index is 13.6. The van der Waals surface area contributed by atoms with Crippen LogP contribution in [0.3, 0.4) is 0 Å². The standard InChI is InChI=1S/C24H20Cl2F2N4OS/c1-3-14-20(10-15-16(25)5-4-6-17(15)26)29-24(30-23(14)33)34-11-21-12(2)22(32-31-21)13-7-8-18(27)19(28)9-13/h4-9H,3,10-11H2,1-2H3,(H,31,32)(H,29,30,33). The average Bonchev–Trinajstić information content (AvgIpc) is 3.17. The number of rotatable bonds is 7. The van der Waals surface area contributed by atoms with Gasteiger partial charge in [-0.2, -0.15) is 5.10 Å². The van der Waals surface area contributed by atoms with Gasteiger partial charge >= 0.3 is 0 Å². The predicted molar refractivity (Wildman–Crippen MR) is 132 cm³/mol. The van der Waals surface area contributed by atoms with Gasteiger partial charge in [0.1, 0.15) is 0 Å². The minimum atomic E-state index is -0.925. The van der Waals surface area contributed by atoms with E-state index in [0.29, 0.717) is 67.6 Å². The average molecular weight is 521 g/mol. The largest absolute Gasteiger partial charge is 0.301 e. The molecule has 0 fully saturated rings. The van der Waals surface area contributed by atoms with Gasteiger partial charge in [-0.1, -0.05) is 48.0 Å². The number of benzene rings is 2. The Kier molecular flexibility index (Phi) is 7.40. The van der Waals surface area contributed by atoms with E-state index >= 15 is 0 Å². The second-order valence-corrected chi connectivity index (χ2v) is 9.39. The Morgan fingerprint density at radius 2 is 1.76 bits per heavy atom. The molecule has 0 unspecified atom stereocenters. The van der Waals surface area contributed by atoms with Crippen molar-refractivity contribution in [3.8, 4) is 11.3 Å². The van der Waals surface area contributed by atoms with Gasteiger partial charge in [0.2, 0.25) is 0 Å². The highest BCUT2D eigenvalue weighted by atomic mass is 35.5. The van der Waals surface area contributed by atoms with Crippen molar-refractivity contribution >= 4 is 35.0 Å². The molecule has 2 aromatic carbocycles. The minimum Gasteiger partial charge on any atom is -0.301 e. The van der Waals surface area contributed by atoms with Gasteiger partial charge in [0.15, 0.2) is 16.8 Å². The fourth-order valence-electron chi connectivity index (χ4n) is 3.61. The second kappa shape index (κ2) is 10.3. The van der Waals surface area contributed by atoms with Gasteiger partial charge in [0, 0.05) is 33.3 Å². The molecule has 0 spiro atoms. The molecule has 2 heterocycles. The number of halogens is 4. The normalized spacial score (nSPS) is 11.2. The SMILES string of the molecule is CCc1c(Cc2c(Cl)cccc2Cl)nc(SCc2n[nH]c(-c3ccc(F)c(F)c3)c2C)[nH]c1=O. The van der Waals surface area contributed by atoms with Crippen LogP contribution < -0.4 is 5.56 Å². The predicted octanol–water partition coefficient (Wildman–Crippen LogP) is 6.50. The van der Waals surface area contributed by atoms with Gasteiger partial charge in [0.25, 0.3) is 5.56 Å². The highest BCUT2D eigenvalue weighted by molar-refractivity contribution is 7.98. The summed E-state index contributed by atoms with van der Waals surface area (Å²) in [5.41, 5.74) is 4.32. The Bertz CT molecular complexity index is 1400. The smallest absolute Gasteiger partial charge is 0.254 e. The second-order valence-electron chi connectivity index (χ2n) is 7.61. The molecule has 0 aliphatic heterocycles. The number of aromatic amines is 2. The van der Waals surface area contributed by atoms with E-state index in [-0.39, 0.29) is 5.56 Å². The summed E-state index contributed by atoms with van der Waals surface area (Å²) in [6, 6.07) is 8.97. The molecular formula is C24H20Cl2F2N4OS. The molecule has 176 valence electrons. The summed E-state index contributed by atoms with van der Waals surface area (Å²) in [6.45, 7) is 3.74. The maximum Gasteiger partial charge on any atom is 0.254 e. The van der Waals surface area contributed by atoms with E-state index in [4.69, 9.17) is 23.2 Å². The third-order valence-corrected chi connectivity index (χ3v) is 7.10. The number of thioether (sulfide) groups is 1. The summed E-state index contributed by atoms with van der Waals surface area (Å²) in [6.07, 6.45) is 0.849. The lowest BCUT2D eigenvalue weighted by molar-refractivity contribution is 0.509. The first-order valence-corrected chi connectivity index (χ1v) is 12.2. The van der Waals surface area contributed by atoms with Crippen LogP contribution in [0.1, 0.15) is 35.0 Å². The highest BCUT2D eigenvalue weighted by Crippen LogP contribution is 2.30. The molecule has 0 aliphatic rings. The van der Waals surface area contributed by atoms with Crippen molar-refractivity contribution in [2.24, 2.45) is 0 Å². The van der Waals surface area contributed by atoms with Gasteiger partial charge in [-0.3, -0.25) is 9.89 Å². The van der Waals surface area contributed by atoms with Crippen molar-refractivity contribution in [1.82, 2.24) is 20.2 Å². The minimum absolute atomic E-state index is 0.209. The molecule has 5 nitrogen and oxygen atoms in total. The monoisotopic (exact) mass is 520 g/mol. The van der Waals surface area contributed by atoms with E-state index in [9.17, 15) is 13.6 Å². The quantitative estimate of drug-likeness (QED) is 0.215. The molecular weight excluding hydrogens is 501 g/mol. The van der Waals surface area contributed by atoms with Gasteiger partial charge in [0.05, 0.1) is 17.1 Å². The van der Waals surface area contributed by atoms with Crippen LogP contribution in [-0.4, -0.2) is 20.2 Å². The molecule has 34 heavy (non-hydrogen) atoms. The van der Waals surface area contributed by atoms with Crippen LogP contribution in [-0.2, 0) is 18.6 Å². The zero-order valence-electron chi connectivity index (χ0n) is 18.3. The molecule has 4 rings (SSSR count). The molecule has 4 aromatic rings. The van der Waals surface area contributed by atoms with Crippen molar-refractivity contribution in [2.75, 3.05) is 0 Å². The number of H-pyrrole nitrogens is 2. The summed E-state index contributed by atoms with van der Waals surface area (Å²) in [5, 5.41) is 8.67. The van der Waals surface area contributed by atoms with Crippen molar-refractivity contribution in [1.29, 1.82) is 0 Å². The third kappa shape index (κ3) is 5.04. The van der Waals surface area contributed by atoms with Crippen molar-refractivity contribution in [3.05, 3.63) is 96.5 Å². The third-order valence-electron chi connectivity index (χ3n) is 5.50. The molecule has 0 amide bonds. The lowest BCUT2D eigenvalue weighted by atomic mass is 10.0. The molecule has 0 saturated heterocycles. The Balaban J connectivity index is 1.59. The Labute approximate surface area is 208 Å². The summed E-state index contributed by atoms with van der Waals surface area (Å²) in [5.74, 6) is -1.42.